The van der Waals surface area contributed by atoms with Crippen LogP contribution in [-0.2, 0) is 6.42 Å². The third-order valence-electron chi connectivity index (χ3n) is 6.46. The predicted octanol–water partition coefficient (Wildman–Crippen LogP) is 9.92. The minimum Gasteiger partial charge on any atom is -0.494 e. The Morgan fingerprint density at radius 3 is 1.86 bits per heavy atom. The van der Waals surface area contributed by atoms with Crippen LogP contribution in [0.15, 0.2) is 60.7 Å². The SMILES string of the molecule is CCCCCCCCOc1ccc(-c2ccc(-c3ccc(CC[Si](C)(C)C)c(F)c3F)cc2)cc1. The van der Waals surface area contributed by atoms with Gasteiger partial charge >= 0.3 is 0 Å². The van der Waals surface area contributed by atoms with E-state index in [1.165, 1.54) is 32.1 Å². The van der Waals surface area contributed by atoms with Gasteiger partial charge in [-0.15, -0.1) is 0 Å². The van der Waals surface area contributed by atoms with Gasteiger partial charge in [0.25, 0.3) is 0 Å². The van der Waals surface area contributed by atoms with E-state index in [0.29, 0.717) is 23.1 Å². The van der Waals surface area contributed by atoms with Crippen molar-refractivity contribution in [3.8, 4) is 28.0 Å². The summed E-state index contributed by atoms with van der Waals surface area (Å²) in [5, 5.41) is 0. The van der Waals surface area contributed by atoms with Gasteiger partial charge in [-0.05, 0) is 47.2 Å². The summed E-state index contributed by atoms with van der Waals surface area (Å²) in [5.74, 6) is -0.579. The average molecular weight is 495 g/mol. The quantitative estimate of drug-likeness (QED) is 0.170. The number of rotatable bonds is 13. The normalized spacial score (nSPS) is 11.6. The summed E-state index contributed by atoms with van der Waals surface area (Å²) in [6.45, 7) is 9.71. The van der Waals surface area contributed by atoms with Gasteiger partial charge in [-0.1, -0.05) is 113 Å². The minimum atomic E-state index is -1.31. The fraction of sp³-hybridized carbons (Fsp3) is 0.419. The van der Waals surface area contributed by atoms with Gasteiger partial charge in [0.1, 0.15) is 5.75 Å². The van der Waals surface area contributed by atoms with E-state index in [4.69, 9.17) is 4.74 Å². The summed E-state index contributed by atoms with van der Waals surface area (Å²) in [6.07, 6.45) is 8.09. The molecule has 0 atom stereocenters. The molecule has 0 aliphatic rings. The molecule has 0 N–H and O–H groups in total. The standard InChI is InChI=1S/C31H40F2OSi/c1-5-6-7-8-9-10-22-34-28-18-15-25(16-19-28)24-11-13-26(14-12-24)29-20-17-27(30(32)31(29)33)21-23-35(2,3)4/h11-20H,5-10,21-23H2,1-4H3. The summed E-state index contributed by atoms with van der Waals surface area (Å²) in [5.41, 5.74) is 3.56. The molecular weight excluding hydrogens is 454 g/mol. The van der Waals surface area contributed by atoms with Gasteiger partial charge in [-0.2, -0.15) is 0 Å². The van der Waals surface area contributed by atoms with E-state index in [2.05, 4.69) is 26.6 Å². The molecule has 0 heterocycles. The Morgan fingerprint density at radius 1 is 0.657 bits per heavy atom. The van der Waals surface area contributed by atoms with Crippen LogP contribution in [0.4, 0.5) is 8.78 Å². The van der Waals surface area contributed by atoms with Crippen molar-refractivity contribution in [2.24, 2.45) is 0 Å². The van der Waals surface area contributed by atoms with Crippen molar-refractivity contribution in [3.05, 3.63) is 77.9 Å². The molecule has 0 radical (unpaired) electrons. The van der Waals surface area contributed by atoms with E-state index in [1.807, 2.05) is 48.5 Å². The van der Waals surface area contributed by atoms with Crippen molar-refractivity contribution >= 4 is 8.07 Å². The summed E-state index contributed by atoms with van der Waals surface area (Å²) in [6, 6.07) is 20.1. The summed E-state index contributed by atoms with van der Waals surface area (Å²) in [7, 11) is -1.31. The molecule has 0 fully saturated rings. The first-order valence-electron chi connectivity index (χ1n) is 13.1. The van der Waals surface area contributed by atoms with Crippen molar-refractivity contribution < 1.29 is 13.5 Å². The zero-order chi connectivity index (χ0) is 25.3. The van der Waals surface area contributed by atoms with Gasteiger partial charge in [0.2, 0.25) is 0 Å². The van der Waals surface area contributed by atoms with Crippen molar-refractivity contribution in [3.63, 3.8) is 0 Å². The monoisotopic (exact) mass is 494 g/mol. The lowest BCUT2D eigenvalue weighted by Crippen LogP contribution is -2.20. The molecule has 35 heavy (non-hydrogen) atoms. The average Bonchev–Trinajstić information content (AvgIpc) is 2.84. The molecule has 0 saturated heterocycles. The van der Waals surface area contributed by atoms with E-state index in [0.717, 1.165) is 35.9 Å². The highest BCUT2D eigenvalue weighted by molar-refractivity contribution is 6.76. The molecule has 188 valence electrons. The first-order chi connectivity index (χ1) is 16.8. The van der Waals surface area contributed by atoms with Gasteiger partial charge < -0.3 is 4.74 Å². The molecule has 3 rings (SSSR count). The maximum atomic E-state index is 14.9. The summed E-state index contributed by atoms with van der Waals surface area (Å²) >= 11 is 0. The second-order valence-electron chi connectivity index (χ2n) is 10.7. The Labute approximate surface area is 211 Å². The molecule has 3 aromatic rings. The molecule has 0 aliphatic carbocycles. The van der Waals surface area contributed by atoms with E-state index in [9.17, 15) is 8.78 Å². The smallest absolute Gasteiger partial charge is 0.166 e. The van der Waals surface area contributed by atoms with Crippen molar-refractivity contribution in [1.29, 1.82) is 0 Å². The Balaban J connectivity index is 1.59. The largest absolute Gasteiger partial charge is 0.494 e. The maximum Gasteiger partial charge on any atom is 0.166 e. The molecule has 0 bridgehead atoms. The summed E-state index contributed by atoms with van der Waals surface area (Å²) in [4.78, 5) is 0. The molecule has 0 aromatic heterocycles. The molecule has 0 spiro atoms. The summed E-state index contributed by atoms with van der Waals surface area (Å²) < 4.78 is 35.5. The number of halogens is 2. The van der Waals surface area contributed by atoms with Gasteiger partial charge in [0.15, 0.2) is 11.6 Å². The molecule has 0 unspecified atom stereocenters. The number of benzene rings is 3. The molecule has 1 nitrogen and oxygen atoms in total. The lowest BCUT2D eigenvalue weighted by atomic mass is 9.98. The highest BCUT2D eigenvalue weighted by Gasteiger charge is 2.18. The highest BCUT2D eigenvalue weighted by atomic mass is 28.3. The van der Waals surface area contributed by atoms with Crippen molar-refractivity contribution in [2.75, 3.05) is 6.61 Å². The van der Waals surface area contributed by atoms with Crippen LogP contribution >= 0.6 is 0 Å². The van der Waals surface area contributed by atoms with Crippen molar-refractivity contribution in [2.45, 2.75) is 77.6 Å². The Kier molecular flexibility index (Phi) is 10.1. The number of hydrogen-bond acceptors (Lipinski definition) is 1. The second-order valence-corrected chi connectivity index (χ2v) is 16.3. The topological polar surface area (TPSA) is 9.23 Å². The van der Waals surface area contributed by atoms with Crippen LogP contribution in [0.25, 0.3) is 22.3 Å². The van der Waals surface area contributed by atoms with Crippen LogP contribution in [0, 0.1) is 11.6 Å². The maximum absolute atomic E-state index is 14.9. The molecule has 3 aromatic carbocycles. The number of ether oxygens (including phenoxy) is 1. The van der Waals surface area contributed by atoms with Crippen LogP contribution in [0.5, 0.6) is 5.75 Å². The molecule has 0 aliphatic heterocycles. The van der Waals surface area contributed by atoms with E-state index < -0.39 is 19.7 Å². The Bertz CT molecular complexity index is 1050. The lowest BCUT2D eigenvalue weighted by Gasteiger charge is -2.16. The van der Waals surface area contributed by atoms with Crippen LogP contribution in [0.3, 0.4) is 0 Å². The fourth-order valence-corrected chi connectivity index (χ4v) is 5.19. The van der Waals surface area contributed by atoms with E-state index >= 15 is 0 Å². The Morgan fingerprint density at radius 2 is 1.23 bits per heavy atom. The number of hydrogen-bond donors (Lipinski definition) is 0. The van der Waals surface area contributed by atoms with E-state index in [-0.39, 0.29) is 0 Å². The number of unbranched alkanes of at least 4 members (excludes halogenated alkanes) is 5. The molecule has 0 amide bonds. The third-order valence-corrected chi connectivity index (χ3v) is 8.21. The number of aryl methyl sites for hydroxylation is 1. The lowest BCUT2D eigenvalue weighted by molar-refractivity contribution is 0.304. The zero-order valence-electron chi connectivity index (χ0n) is 21.8. The van der Waals surface area contributed by atoms with Crippen LogP contribution in [0.1, 0.15) is 51.0 Å². The van der Waals surface area contributed by atoms with E-state index in [1.54, 1.807) is 12.1 Å². The van der Waals surface area contributed by atoms with Gasteiger partial charge in [-0.3, -0.25) is 0 Å². The van der Waals surface area contributed by atoms with Crippen molar-refractivity contribution in [1.82, 2.24) is 0 Å². The first kappa shape index (κ1) is 27.1. The van der Waals surface area contributed by atoms with Gasteiger partial charge in [0, 0.05) is 13.6 Å². The molecule has 0 saturated carbocycles. The minimum absolute atomic E-state index is 0.309. The highest BCUT2D eigenvalue weighted by Crippen LogP contribution is 2.30. The van der Waals surface area contributed by atoms with Gasteiger partial charge in [-0.25, -0.2) is 8.78 Å². The zero-order valence-corrected chi connectivity index (χ0v) is 22.8. The van der Waals surface area contributed by atoms with Gasteiger partial charge in [0.05, 0.1) is 6.61 Å². The predicted molar refractivity (Wildman–Crippen MR) is 148 cm³/mol. The Hall–Kier alpha value is -2.46. The second kappa shape index (κ2) is 13.0. The molecule has 4 heteroatoms. The fourth-order valence-electron chi connectivity index (χ4n) is 4.17. The first-order valence-corrected chi connectivity index (χ1v) is 16.8. The van der Waals surface area contributed by atoms with Crippen LogP contribution in [-0.4, -0.2) is 14.7 Å². The third kappa shape index (κ3) is 8.31. The molecular formula is C31H40F2OSi. The van der Waals surface area contributed by atoms with Crippen LogP contribution < -0.4 is 4.74 Å². The van der Waals surface area contributed by atoms with Crippen LogP contribution in [0.2, 0.25) is 25.7 Å².